The van der Waals surface area contributed by atoms with E-state index >= 15 is 0 Å². The molecule has 8 nitrogen and oxygen atoms in total. The summed E-state index contributed by atoms with van der Waals surface area (Å²) in [6, 6.07) is 0. The van der Waals surface area contributed by atoms with Gasteiger partial charge in [0.25, 0.3) is 5.56 Å². The molecule has 0 bridgehead atoms. The summed E-state index contributed by atoms with van der Waals surface area (Å²) in [5.74, 6) is 0.685. The number of aryl methyl sites for hydroxylation is 2. The van der Waals surface area contributed by atoms with Crippen molar-refractivity contribution in [3.8, 4) is 0 Å². The topological polar surface area (TPSA) is 75.5 Å². The zero-order valence-corrected chi connectivity index (χ0v) is 14.9. The van der Waals surface area contributed by atoms with Crippen molar-refractivity contribution in [1.82, 2.24) is 23.1 Å². The molecule has 3 aromatic heterocycles. The van der Waals surface area contributed by atoms with Crippen LogP contribution in [0.4, 0.5) is 0 Å². The number of nitrogens with zero attached hydrogens (tertiary/aromatic N) is 5. The molecular weight excluding hydrogens is 322 g/mol. The van der Waals surface area contributed by atoms with E-state index in [9.17, 15) is 9.59 Å². The molecule has 25 heavy (non-hydrogen) atoms. The van der Waals surface area contributed by atoms with Gasteiger partial charge in [-0.15, -0.1) is 0 Å². The van der Waals surface area contributed by atoms with Crippen molar-refractivity contribution in [1.29, 1.82) is 0 Å². The minimum absolute atomic E-state index is 0.176. The van der Waals surface area contributed by atoms with Gasteiger partial charge in [0, 0.05) is 32.1 Å². The average molecular weight is 345 g/mol. The lowest BCUT2D eigenvalue weighted by Crippen LogP contribution is -2.39. The van der Waals surface area contributed by atoms with Crippen molar-refractivity contribution in [2.45, 2.75) is 52.3 Å². The van der Waals surface area contributed by atoms with Crippen LogP contribution in [0.15, 0.2) is 15.8 Å². The smallest absolute Gasteiger partial charge is 0.332 e. The Bertz CT molecular complexity index is 1060. The second-order valence-corrected chi connectivity index (χ2v) is 6.77. The Labute approximate surface area is 144 Å². The van der Waals surface area contributed by atoms with Crippen LogP contribution in [0.25, 0.3) is 16.9 Å². The van der Waals surface area contributed by atoms with E-state index in [0.29, 0.717) is 30.0 Å². The number of fused-ring (bicyclic) bond motifs is 3. The van der Waals surface area contributed by atoms with Gasteiger partial charge < -0.3 is 9.30 Å². The highest BCUT2D eigenvalue weighted by molar-refractivity contribution is 5.75. The van der Waals surface area contributed by atoms with Crippen molar-refractivity contribution in [3.63, 3.8) is 0 Å². The molecule has 3 aromatic rings. The second kappa shape index (κ2) is 5.87. The van der Waals surface area contributed by atoms with E-state index in [1.165, 1.54) is 9.13 Å². The van der Waals surface area contributed by atoms with Gasteiger partial charge in [0.1, 0.15) is 0 Å². The summed E-state index contributed by atoms with van der Waals surface area (Å²) in [6.45, 7) is 5.87. The highest BCUT2D eigenvalue weighted by atomic mass is 16.5. The third-order valence-corrected chi connectivity index (χ3v) is 5.00. The van der Waals surface area contributed by atoms with Crippen LogP contribution >= 0.6 is 0 Å². The normalized spacial score (nSPS) is 18.0. The number of hydrogen-bond donors (Lipinski definition) is 0. The molecule has 0 radical (unpaired) electrons. The molecule has 4 heterocycles. The van der Waals surface area contributed by atoms with Gasteiger partial charge in [-0.1, -0.05) is 6.92 Å². The maximum atomic E-state index is 12.9. The van der Waals surface area contributed by atoms with Gasteiger partial charge in [-0.2, -0.15) is 4.98 Å². The monoisotopic (exact) mass is 345 g/mol. The fraction of sp³-hybridized carbons (Fsp3) is 0.588. The number of hydrogen-bond acceptors (Lipinski definition) is 4. The Balaban J connectivity index is 1.98. The molecule has 0 aliphatic carbocycles. The Morgan fingerprint density at radius 1 is 1.32 bits per heavy atom. The summed E-state index contributed by atoms with van der Waals surface area (Å²) in [6.07, 6.45) is 4.93. The molecule has 0 saturated carbocycles. The zero-order valence-electron chi connectivity index (χ0n) is 14.9. The van der Waals surface area contributed by atoms with Crippen LogP contribution in [-0.4, -0.2) is 35.8 Å². The summed E-state index contributed by atoms with van der Waals surface area (Å²) in [5.41, 5.74) is 1.32. The minimum atomic E-state index is -0.317. The maximum Gasteiger partial charge on any atom is 0.332 e. The molecule has 0 unspecified atom stereocenters. The number of rotatable bonds is 4. The lowest BCUT2D eigenvalue weighted by atomic mass is 10.2. The molecule has 1 atom stereocenters. The van der Waals surface area contributed by atoms with Crippen molar-refractivity contribution >= 4 is 16.9 Å². The summed E-state index contributed by atoms with van der Waals surface area (Å²) < 4.78 is 12.4. The molecule has 1 fully saturated rings. The molecular formula is C17H23N5O3. The van der Waals surface area contributed by atoms with Crippen LogP contribution in [0.5, 0.6) is 0 Å². The highest BCUT2D eigenvalue weighted by Crippen LogP contribution is 2.20. The average Bonchev–Trinajstić information content (AvgIpc) is 3.28. The van der Waals surface area contributed by atoms with E-state index in [1.807, 2.05) is 24.4 Å². The van der Waals surface area contributed by atoms with Crippen molar-refractivity contribution in [3.05, 3.63) is 32.7 Å². The standard InChI is InChI=1S/C17H23N5O3/c1-4-7-20-15(23)13-14(19(3)17(20)24)18-16-21(11(2)9-22(13)16)10-12-6-5-8-25-12/h9,12H,4-8,10H2,1-3H3/t12-/m1/s1. The van der Waals surface area contributed by atoms with Crippen LogP contribution in [0, 0.1) is 6.92 Å². The van der Waals surface area contributed by atoms with Gasteiger partial charge in [0.2, 0.25) is 5.78 Å². The molecule has 0 amide bonds. The van der Waals surface area contributed by atoms with Gasteiger partial charge in [-0.05, 0) is 26.2 Å². The minimum Gasteiger partial charge on any atom is -0.376 e. The van der Waals surface area contributed by atoms with Crippen molar-refractivity contribution in [2.75, 3.05) is 6.61 Å². The van der Waals surface area contributed by atoms with Gasteiger partial charge in [0.15, 0.2) is 11.2 Å². The first-order valence-corrected chi connectivity index (χ1v) is 8.82. The zero-order chi connectivity index (χ0) is 17.7. The predicted molar refractivity (Wildman–Crippen MR) is 94.2 cm³/mol. The lowest BCUT2D eigenvalue weighted by Gasteiger charge is -2.11. The van der Waals surface area contributed by atoms with Crippen molar-refractivity contribution < 1.29 is 4.74 Å². The summed E-state index contributed by atoms with van der Waals surface area (Å²) in [4.78, 5) is 30.0. The van der Waals surface area contributed by atoms with Crippen LogP contribution in [0.1, 0.15) is 31.9 Å². The SMILES string of the molecule is CCCn1c(=O)c2c(nc3n(C[C@H]4CCCO4)c(C)cn23)n(C)c1=O. The van der Waals surface area contributed by atoms with Crippen LogP contribution < -0.4 is 11.2 Å². The Hall–Kier alpha value is -2.35. The fourth-order valence-corrected chi connectivity index (χ4v) is 3.69. The number of ether oxygens (including phenoxy) is 1. The molecule has 1 aliphatic rings. The Morgan fingerprint density at radius 3 is 2.80 bits per heavy atom. The fourth-order valence-electron chi connectivity index (χ4n) is 3.69. The van der Waals surface area contributed by atoms with E-state index in [0.717, 1.165) is 31.6 Å². The molecule has 4 rings (SSSR count). The lowest BCUT2D eigenvalue weighted by molar-refractivity contribution is 0.0974. The van der Waals surface area contributed by atoms with Gasteiger partial charge in [0.05, 0.1) is 12.6 Å². The summed E-state index contributed by atoms with van der Waals surface area (Å²) >= 11 is 0. The largest absolute Gasteiger partial charge is 0.376 e. The summed E-state index contributed by atoms with van der Waals surface area (Å²) in [5, 5.41) is 0. The highest BCUT2D eigenvalue weighted by Gasteiger charge is 2.22. The third kappa shape index (κ3) is 2.35. The molecule has 0 aromatic carbocycles. The van der Waals surface area contributed by atoms with E-state index in [-0.39, 0.29) is 17.4 Å². The van der Waals surface area contributed by atoms with Crippen LogP contribution in [0.2, 0.25) is 0 Å². The molecule has 8 heteroatoms. The first kappa shape index (κ1) is 16.1. The molecule has 0 N–H and O–H groups in total. The second-order valence-electron chi connectivity index (χ2n) is 6.77. The van der Waals surface area contributed by atoms with Gasteiger partial charge in [-0.25, -0.2) is 4.79 Å². The van der Waals surface area contributed by atoms with Crippen LogP contribution in [-0.2, 0) is 24.9 Å². The number of aromatic nitrogens is 5. The quantitative estimate of drug-likeness (QED) is 0.708. The van der Waals surface area contributed by atoms with Gasteiger partial charge in [-0.3, -0.25) is 18.3 Å². The van der Waals surface area contributed by atoms with E-state index in [1.54, 1.807) is 7.05 Å². The summed E-state index contributed by atoms with van der Waals surface area (Å²) in [7, 11) is 1.67. The van der Waals surface area contributed by atoms with E-state index < -0.39 is 0 Å². The Morgan fingerprint density at radius 2 is 2.12 bits per heavy atom. The van der Waals surface area contributed by atoms with Gasteiger partial charge >= 0.3 is 5.69 Å². The number of imidazole rings is 2. The molecule has 134 valence electrons. The maximum absolute atomic E-state index is 12.9. The predicted octanol–water partition coefficient (Wildman–Crippen LogP) is 1.05. The van der Waals surface area contributed by atoms with E-state index in [4.69, 9.17) is 4.74 Å². The van der Waals surface area contributed by atoms with Crippen LogP contribution in [0.3, 0.4) is 0 Å². The molecule has 1 saturated heterocycles. The van der Waals surface area contributed by atoms with Crippen molar-refractivity contribution in [2.24, 2.45) is 7.05 Å². The third-order valence-electron chi connectivity index (χ3n) is 5.00. The first-order valence-electron chi connectivity index (χ1n) is 8.82. The molecule has 0 spiro atoms. The van der Waals surface area contributed by atoms with E-state index in [2.05, 4.69) is 9.55 Å². The first-order chi connectivity index (χ1) is 12.0. The Kier molecular flexibility index (Phi) is 3.79. The molecule has 1 aliphatic heterocycles.